The summed E-state index contributed by atoms with van der Waals surface area (Å²) in [4.78, 5) is -0.384. The Hall–Kier alpha value is -1.06. The molecule has 0 saturated heterocycles. The lowest BCUT2D eigenvalue weighted by Gasteiger charge is -2.09. The Morgan fingerprint density at radius 3 is 2.71 bits per heavy atom. The first kappa shape index (κ1) is 18.0. The standard InChI is InChI=1S/C13H21FN2O4S/c1-19-7-8-20-6-2-5-16-21(17,18)13-9-11(10-15)3-4-12(13)14/h3-4,9,16H,2,5-8,10,15H2,1H3. The van der Waals surface area contributed by atoms with E-state index in [1.807, 2.05) is 0 Å². The first-order chi connectivity index (χ1) is 10.0. The minimum absolute atomic E-state index is 0.149. The topological polar surface area (TPSA) is 90.6 Å². The van der Waals surface area contributed by atoms with Crippen LogP contribution in [0.5, 0.6) is 0 Å². The van der Waals surface area contributed by atoms with Crippen LogP contribution >= 0.6 is 0 Å². The first-order valence-corrected chi connectivity index (χ1v) is 8.04. The van der Waals surface area contributed by atoms with Crippen LogP contribution in [0.15, 0.2) is 23.1 Å². The zero-order valence-corrected chi connectivity index (χ0v) is 12.8. The number of sulfonamides is 1. The number of hydrogen-bond donors (Lipinski definition) is 2. The molecule has 0 radical (unpaired) electrons. The van der Waals surface area contributed by atoms with E-state index in [1.165, 1.54) is 12.1 Å². The molecule has 0 unspecified atom stereocenters. The SMILES string of the molecule is COCCOCCCNS(=O)(=O)c1cc(CN)ccc1F. The second-order valence-corrected chi connectivity index (χ2v) is 6.06. The maximum atomic E-state index is 13.6. The van der Waals surface area contributed by atoms with Crippen molar-refractivity contribution in [2.24, 2.45) is 5.73 Å². The highest BCUT2D eigenvalue weighted by atomic mass is 32.2. The maximum Gasteiger partial charge on any atom is 0.243 e. The number of nitrogens with one attached hydrogen (secondary N) is 1. The number of halogens is 1. The summed E-state index contributed by atoms with van der Waals surface area (Å²) < 4.78 is 50.0. The second-order valence-electron chi connectivity index (χ2n) is 4.33. The van der Waals surface area contributed by atoms with E-state index in [1.54, 1.807) is 7.11 Å². The van der Waals surface area contributed by atoms with Crippen molar-refractivity contribution in [3.63, 3.8) is 0 Å². The average Bonchev–Trinajstić information content (AvgIpc) is 2.46. The van der Waals surface area contributed by atoms with E-state index >= 15 is 0 Å². The highest BCUT2D eigenvalue weighted by Gasteiger charge is 2.18. The summed E-state index contributed by atoms with van der Waals surface area (Å²) >= 11 is 0. The molecule has 21 heavy (non-hydrogen) atoms. The fourth-order valence-corrected chi connectivity index (χ4v) is 2.78. The van der Waals surface area contributed by atoms with Crippen molar-refractivity contribution >= 4 is 10.0 Å². The van der Waals surface area contributed by atoms with Crippen LogP contribution in [0.3, 0.4) is 0 Å². The molecule has 120 valence electrons. The van der Waals surface area contributed by atoms with Crippen molar-refractivity contribution in [3.8, 4) is 0 Å². The molecule has 8 heteroatoms. The minimum atomic E-state index is -3.88. The third-order valence-electron chi connectivity index (χ3n) is 2.71. The Balaban J connectivity index is 2.50. The van der Waals surface area contributed by atoms with Crippen molar-refractivity contribution in [1.82, 2.24) is 4.72 Å². The predicted molar refractivity (Wildman–Crippen MR) is 76.8 cm³/mol. The zero-order chi connectivity index (χ0) is 15.7. The van der Waals surface area contributed by atoms with Crippen LogP contribution in [-0.4, -0.2) is 41.9 Å². The number of rotatable bonds is 10. The Morgan fingerprint density at radius 2 is 2.05 bits per heavy atom. The molecule has 6 nitrogen and oxygen atoms in total. The Bertz CT molecular complexity index is 537. The number of benzene rings is 1. The van der Waals surface area contributed by atoms with E-state index in [2.05, 4.69) is 4.72 Å². The van der Waals surface area contributed by atoms with Crippen LogP contribution in [0.1, 0.15) is 12.0 Å². The van der Waals surface area contributed by atoms with Gasteiger partial charge in [-0.3, -0.25) is 0 Å². The summed E-state index contributed by atoms with van der Waals surface area (Å²) in [6.45, 7) is 1.66. The monoisotopic (exact) mass is 320 g/mol. The molecule has 1 aromatic rings. The molecule has 1 rings (SSSR count). The van der Waals surface area contributed by atoms with Crippen LogP contribution < -0.4 is 10.5 Å². The van der Waals surface area contributed by atoms with Gasteiger partial charge >= 0.3 is 0 Å². The van der Waals surface area contributed by atoms with E-state index in [9.17, 15) is 12.8 Å². The summed E-state index contributed by atoms with van der Waals surface area (Å²) in [7, 11) is -2.31. The molecule has 0 atom stereocenters. The Morgan fingerprint density at radius 1 is 1.29 bits per heavy atom. The Labute approximate surface area is 124 Å². The second kappa shape index (κ2) is 9.06. The van der Waals surface area contributed by atoms with Crippen molar-refractivity contribution in [3.05, 3.63) is 29.6 Å². The summed E-state index contributed by atoms with van der Waals surface area (Å²) in [6, 6.07) is 3.80. The van der Waals surface area contributed by atoms with Crippen LogP contribution in [0, 0.1) is 5.82 Å². The van der Waals surface area contributed by atoms with Crippen molar-refractivity contribution in [2.45, 2.75) is 17.9 Å². The lowest BCUT2D eigenvalue weighted by molar-refractivity contribution is 0.0699. The fourth-order valence-electron chi connectivity index (χ4n) is 1.58. The van der Waals surface area contributed by atoms with E-state index < -0.39 is 15.8 Å². The lowest BCUT2D eigenvalue weighted by atomic mass is 10.2. The van der Waals surface area contributed by atoms with Gasteiger partial charge in [-0.15, -0.1) is 0 Å². The molecular weight excluding hydrogens is 299 g/mol. The van der Waals surface area contributed by atoms with Crippen LogP contribution in [0.2, 0.25) is 0 Å². The highest BCUT2D eigenvalue weighted by Crippen LogP contribution is 2.16. The first-order valence-electron chi connectivity index (χ1n) is 6.56. The van der Waals surface area contributed by atoms with Gasteiger partial charge in [0.2, 0.25) is 10.0 Å². The summed E-state index contributed by atoms with van der Waals surface area (Å²) in [5, 5.41) is 0. The van der Waals surface area contributed by atoms with Gasteiger partial charge in [0.1, 0.15) is 10.7 Å². The molecule has 0 heterocycles. The molecule has 0 aliphatic carbocycles. The smallest absolute Gasteiger partial charge is 0.243 e. The molecule has 0 spiro atoms. The van der Waals surface area contributed by atoms with Crippen LogP contribution in [0.4, 0.5) is 4.39 Å². The Kier molecular flexibility index (Phi) is 7.76. The molecular formula is C13H21FN2O4S. The maximum absolute atomic E-state index is 13.6. The third-order valence-corrected chi connectivity index (χ3v) is 4.19. The van der Waals surface area contributed by atoms with Crippen molar-refractivity contribution in [2.75, 3.05) is 33.5 Å². The molecule has 3 N–H and O–H groups in total. The number of nitrogens with two attached hydrogens (primary N) is 1. The third kappa shape index (κ3) is 6.06. The van der Waals surface area contributed by atoms with Gasteiger partial charge in [0, 0.05) is 26.8 Å². The molecule has 0 saturated carbocycles. The van der Waals surface area contributed by atoms with Gasteiger partial charge in [0.25, 0.3) is 0 Å². The molecule has 0 aliphatic rings. The van der Waals surface area contributed by atoms with Gasteiger partial charge in [0.15, 0.2) is 0 Å². The molecule has 0 amide bonds. The molecule has 1 aromatic carbocycles. The van der Waals surface area contributed by atoms with E-state index in [-0.39, 0.29) is 18.0 Å². The van der Waals surface area contributed by atoms with Crippen molar-refractivity contribution in [1.29, 1.82) is 0 Å². The quantitative estimate of drug-likeness (QED) is 0.617. The van der Waals surface area contributed by atoms with Crippen LogP contribution in [-0.2, 0) is 26.0 Å². The van der Waals surface area contributed by atoms with E-state index in [0.29, 0.717) is 31.8 Å². The van der Waals surface area contributed by atoms with Gasteiger partial charge in [0.05, 0.1) is 13.2 Å². The van der Waals surface area contributed by atoms with E-state index in [4.69, 9.17) is 15.2 Å². The van der Waals surface area contributed by atoms with Gasteiger partial charge in [-0.25, -0.2) is 17.5 Å². The largest absolute Gasteiger partial charge is 0.382 e. The summed E-state index contributed by atoms with van der Waals surface area (Å²) in [5.41, 5.74) is 5.98. The molecule has 0 bridgehead atoms. The lowest BCUT2D eigenvalue weighted by Crippen LogP contribution is -2.26. The fraction of sp³-hybridized carbons (Fsp3) is 0.538. The molecule has 0 fully saturated rings. The van der Waals surface area contributed by atoms with Crippen LogP contribution in [0.25, 0.3) is 0 Å². The van der Waals surface area contributed by atoms with Gasteiger partial charge in [-0.2, -0.15) is 0 Å². The van der Waals surface area contributed by atoms with E-state index in [0.717, 1.165) is 6.07 Å². The normalized spacial score (nSPS) is 11.8. The number of ether oxygens (including phenoxy) is 2. The average molecular weight is 320 g/mol. The predicted octanol–water partition coefficient (Wildman–Crippen LogP) is 0.616. The van der Waals surface area contributed by atoms with Gasteiger partial charge < -0.3 is 15.2 Å². The molecule has 0 aromatic heterocycles. The minimum Gasteiger partial charge on any atom is -0.382 e. The zero-order valence-electron chi connectivity index (χ0n) is 12.0. The van der Waals surface area contributed by atoms with Gasteiger partial charge in [-0.05, 0) is 24.1 Å². The number of methoxy groups -OCH3 is 1. The summed E-state index contributed by atoms with van der Waals surface area (Å²) in [6.07, 6.45) is 0.487. The summed E-state index contributed by atoms with van der Waals surface area (Å²) in [5.74, 6) is -0.795. The number of hydrogen-bond acceptors (Lipinski definition) is 5. The highest BCUT2D eigenvalue weighted by molar-refractivity contribution is 7.89. The molecule has 0 aliphatic heterocycles. The van der Waals surface area contributed by atoms with Gasteiger partial charge in [-0.1, -0.05) is 6.07 Å². The van der Waals surface area contributed by atoms with Crippen molar-refractivity contribution < 1.29 is 22.3 Å².